The summed E-state index contributed by atoms with van der Waals surface area (Å²) in [6, 6.07) is 10.4. The van der Waals surface area contributed by atoms with Gasteiger partial charge in [0.05, 0.1) is 15.7 Å². The zero-order valence-electron chi connectivity index (χ0n) is 13.0. The summed E-state index contributed by atoms with van der Waals surface area (Å²) in [6.07, 6.45) is 2.92. The van der Waals surface area contributed by atoms with Gasteiger partial charge in [-0.2, -0.15) is 0 Å². The van der Waals surface area contributed by atoms with Gasteiger partial charge in [0, 0.05) is 32.6 Å². The van der Waals surface area contributed by atoms with Gasteiger partial charge in [0.15, 0.2) is 5.13 Å². The predicted molar refractivity (Wildman–Crippen MR) is 112 cm³/mol. The molecule has 8 heteroatoms. The van der Waals surface area contributed by atoms with Crippen LogP contribution in [0.5, 0.6) is 0 Å². The lowest BCUT2D eigenvalue weighted by Gasteiger charge is -2.01. The summed E-state index contributed by atoms with van der Waals surface area (Å²) < 4.78 is 0. The summed E-state index contributed by atoms with van der Waals surface area (Å²) in [5.41, 5.74) is 2.10. The molecule has 0 fully saturated rings. The fourth-order valence-corrected chi connectivity index (χ4v) is 3.64. The Bertz CT molecular complexity index is 980. The average Bonchev–Trinajstić information content (AvgIpc) is 3.05. The van der Waals surface area contributed by atoms with Crippen LogP contribution < -0.4 is 5.32 Å². The summed E-state index contributed by atoms with van der Waals surface area (Å²) in [4.78, 5) is 16.5. The van der Waals surface area contributed by atoms with E-state index in [1.165, 1.54) is 17.4 Å². The van der Waals surface area contributed by atoms with Crippen LogP contribution >= 0.6 is 57.7 Å². The highest BCUT2D eigenvalue weighted by molar-refractivity contribution is 7.14. The number of hydrogen-bond donors (Lipinski definition) is 1. The van der Waals surface area contributed by atoms with Crippen LogP contribution in [-0.4, -0.2) is 10.9 Å². The van der Waals surface area contributed by atoms with E-state index in [9.17, 15) is 4.79 Å². The lowest BCUT2D eigenvalue weighted by molar-refractivity contribution is -0.111. The first-order valence-electron chi connectivity index (χ1n) is 7.28. The van der Waals surface area contributed by atoms with Gasteiger partial charge in [-0.1, -0.05) is 58.5 Å². The zero-order valence-corrected chi connectivity index (χ0v) is 16.8. The van der Waals surface area contributed by atoms with Crippen molar-refractivity contribution >= 4 is 74.9 Å². The van der Waals surface area contributed by atoms with Crippen LogP contribution in [0.4, 0.5) is 5.13 Å². The molecule has 0 bridgehead atoms. The van der Waals surface area contributed by atoms with Gasteiger partial charge in [0.1, 0.15) is 0 Å². The Labute approximate surface area is 174 Å². The highest BCUT2D eigenvalue weighted by atomic mass is 35.5. The molecule has 1 heterocycles. The number of amides is 1. The molecule has 0 aliphatic heterocycles. The van der Waals surface area contributed by atoms with Crippen LogP contribution in [0.2, 0.25) is 20.1 Å². The van der Waals surface area contributed by atoms with Crippen LogP contribution in [0.25, 0.3) is 17.3 Å². The molecule has 0 atom stereocenters. The SMILES string of the molecule is O=C(/C=C/c1c(Cl)cccc1Cl)Nc1nc(-c2ccc(Cl)c(Cl)c2)cs1. The van der Waals surface area contributed by atoms with Crippen LogP contribution in [0, 0.1) is 0 Å². The highest BCUT2D eigenvalue weighted by Crippen LogP contribution is 2.30. The van der Waals surface area contributed by atoms with Gasteiger partial charge in [-0.05, 0) is 30.3 Å². The molecule has 0 spiro atoms. The Hall–Kier alpha value is -1.56. The molecular weight excluding hydrogens is 434 g/mol. The lowest BCUT2D eigenvalue weighted by Crippen LogP contribution is -2.07. The molecular formula is C18H10Cl4N2OS. The summed E-state index contributed by atoms with van der Waals surface area (Å²) in [7, 11) is 0. The molecule has 3 nitrogen and oxygen atoms in total. The van der Waals surface area contributed by atoms with Crippen molar-refractivity contribution in [3.63, 3.8) is 0 Å². The van der Waals surface area contributed by atoms with E-state index < -0.39 is 0 Å². The molecule has 3 aromatic rings. The van der Waals surface area contributed by atoms with Crippen molar-refractivity contribution in [3.05, 3.63) is 73.5 Å². The predicted octanol–water partition coefficient (Wildman–Crippen LogP) is 7.08. The third kappa shape index (κ3) is 4.58. The van der Waals surface area contributed by atoms with E-state index in [4.69, 9.17) is 46.4 Å². The Kier molecular flexibility index (Phi) is 6.22. The molecule has 0 saturated heterocycles. The Morgan fingerprint density at radius 2 is 1.73 bits per heavy atom. The average molecular weight is 444 g/mol. The van der Waals surface area contributed by atoms with Crippen molar-refractivity contribution in [1.29, 1.82) is 0 Å². The number of benzene rings is 2. The minimum absolute atomic E-state index is 0.337. The summed E-state index contributed by atoms with van der Waals surface area (Å²) in [5.74, 6) is -0.337. The minimum Gasteiger partial charge on any atom is -0.298 e. The molecule has 3 rings (SSSR count). The summed E-state index contributed by atoms with van der Waals surface area (Å²) in [6.45, 7) is 0. The van der Waals surface area contributed by atoms with E-state index >= 15 is 0 Å². The molecule has 0 aliphatic rings. The van der Waals surface area contributed by atoms with E-state index in [1.807, 2.05) is 11.4 Å². The maximum Gasteiger partial charge on any atom is 0.250 e. The smallest absolute Gasteiger partial charge is 0.250 e. The zero-order chi connectivity index (χ0) is 18.7. The molecule has 1 aromatic heterocycles. The number of carbonyl (C=O) groups is 1. The van der Waals surface area contributed by atoms with Gasteiger partial charge in [-0.15, -0.1) is 11.3 Å². The molecule has 0 radical (unpaired) electrons. The van der Waals surface area contributed by atoms with E-state index in [0.29, 0.717) is 36.5 Å². The Morgan fingerprint density at radius 1 is 1.00 bits per heavy atom. The second-order valence-electron chi connectivity index (χ2n) is 5.12. The van der Waals surface area contributed by atoms with Crippen molar-refractivity contribution in [2.24, 2.45) is 0 Å². The molecule has 0 unspecified atom stereocenters. The largest absolute Gasteiger partial charge is 0.298 e. The maximum atomic E-state index is 12.1. The molecule has 2 aromatic carbocycles. The maximum absolute atomic E-state index is 12.1. The first kappa shape index (κ1) is 19.2. The van der Waals surface area contributed by atoms with Gasteiger partial charge in [-0.3, -0.25) is 10.1 Å². The number of hydrogen-bond acceptors (Lipinski definition) is 3. The van der Waals surface area contributed by atoms with Crippen LogP contribution in [0.15, 0.2) is 47.9 Å². The number of carbonyl (C=O) groups excluding carboxylic acids is 1. The number of thiazole rings is 1. The first-order valence-corrected chi connectivity index (χ1v) is 9.67. The quantitative estimate of drug-likeness (QED) is 0.437. The number of nitrogens with zero attached hydrogens (tertiary/aromatic N) is 1. The number of halogens is 4. The van der Waals surface area contributed by atoms with Gasteiger partial charge in [0.25, 0.3) is 0 Å². The third-order valence-corrected chi connectivity index (χ3v) is 5.51. The lowest BCUT2D eigenvalue weighted by atomic mass is 10.2. The Balaban J connectivity index is 1.71. The van der Waals surface area contributed by atoms with Crippen LogP contribution in [-0.2, 0) is 4.79 Å². The van der Waals surface area contributed by atoms with Crippen molar-refractivity contribution < 1.29 is 4.79 Å². The molecule has 1 N–H and O–H groups in total. The third-order valence-electron chi connectivity index (χ3n) is 3.35. The number of rotatable bonds is 4. The van der Waals surface area contributed by atoms with Crippen molar-refractivity contribution in [2.75, 3.05) is 5.32 Å². The van der Waals surface area contributed by atoms with E-state index in [1.54, 1.807) is 36.4 Å². The normalized spacial score (nSPS) is 11.1. The van der Waals surface area contributed by atoms with Gasteiger partial charge >= 0.3 is 0 Å². The van der Waals surface area contributed by atoms with Gasteiger partial charge < -0.3 is 0 Å². The van der Waals surface area contributed by atoms with Gasteiger partial charge in [0.2, 0.25) is 5.91 Å². The topological polar surface area (TPSA) is 42.0 Å². The Morgan fingerprint density at radius 3 is 2.42 bits per heavy atom. The van der Waals surface area contributed by atoms with E-state index in [2.05, 4.69) is 10.3 Å². The van der Waals surface area contributed by atoms with Crippen LogP contribution in [0.3, 0.4) is 0 Å². The first-order chi connectivity index (χ1) is 12.4. The van der Waals surface area contributed by atoms with Crippen LogP contribution in [0.1, 0.15) is 5.56 Å². The van der Waals surface area contributed by atoms with Gasteiger partial charge in [-0.25, -0.2) is 4.98 Å². The minimum atomic E-state index is -0.337. The molecule has 26 heavy (non-hydrogen) atoms. The molecule has 1 amide bonds. The van der Waals surface area contributed by atoms with Crippen molar-refractivity contribution in [1.82, 2.24) is 4.98 Å². The van der Waals surface area contributed by atoms with E-state index in [-0.39, 0.29) is 5.91 Å². The molecule has 0 aliphatic carbocycles. The van der Waals surface area contributed by atoms with Crippen molar-refractivity contribution in [2.45, 2.75) is 0 Å². The number of anilines is 1. The summed E-state index contributed by atoms with van der Waals surface area (Å²) >= 11 is 25.4. The second kappa shape index (κ2) is 8.42. The van der Waals surface area contributed by atoms with E-state index in [0.717, 1.165) is 5.56 Å². The second-order valence-corrected chi connectivity index (χ2v) is 7.61. The standard InChI is InChI=1S/C18H10Cl4N2OS/c19-12-2-1-3-13(20)11(12)5-7-17(25)24-18-23-16(9-26-18)10-4-6-14(21)15(22)8-10/h1-9H,(H,23,24,25)/b7-5+. The molecule has 132 valence electrons. The monoisotopic (exact) mass is 442 g/mol. The fraction of sp³-hybridized carbons (Fsp3) is 0. The fourth-order valence-electron chi connectivity index (χ4n) is 2.10. The van der Waals surface area contributed by atoms with Crippen molar-refractivity contribution in [3.8, 4) is 11.3 Å². The number of nitrogens with one attached hydrogen (secondary N) is 1. The molecule has 0 saturated carbocycles. The number of aromatic nitrogens is 1. The highest BCUT2D eigenvalue weighted by Gasteiger charge is 2.09. The summed E-state index contributed by atoms with van der Waals surface area (Å²) in [5, 5.41) is 6.85.